The van der Waals surface area contributed by atoms with Crippen molar-refractivity contribution in [1.82, 2.24) is 14.9 Å². The number of nitrogens with one attached hydrogen (secondary N) is 1. The zero-order valence-electron chi connectivity index (χ0n) is 11.7. The van der Waals surface area contributed by atoms with Crippen molar-refractivity contribution in [2.24, 2.45) is 0 Å². The summed E-state index contributed by atoms with van der Waals surface area (Å²) in [5.41, 5.74) is 0. The molecule has 1 saturated carbocycles. The first-order valence-corrected chi connectivity index (χ1v) is 7.35. The SMILES string of the molecule is CNc1cncc(N2CCN(C3CCCC3)CC2)n1. The first kappa shape index (κ1) is 12.7. The number of piperazine rings is 1. The van der Waals surface area contributed by atoms with Gasteiger partial charge in [0.15, 0.2) is 0 Å². The van der Waals surface area contributed by atoms with Crippen LogP contribution in [0.2, 0.25) is 0 Å². The average molecular weight is 261 g/mol. The van der Waals surface area contributed by atoms with Crippen molar-refractivity contribution >= 4 is 11.6 Å². The van der Waals surface area contributed by atoms with Crippen molar-refractivity contribution < 1.29 is 0 Å². The highest BCUT2D eigenvalue weighted by molar-refractivity contribution is 5.43. The van der Waals surface area contributed by atoms with E-state index in [4.69, 9.17) is 0 Å². The minimum atomic E-state index is 0.843. The Bertz CT molecular complexity index is 408. The molecule has 5 nitrogen and oxygen atoms in total. The molecular weight excluding hydrogens is 238 g/mol. The van der Waals surface area contributed by atoms with E-state index in [9.17, 15) is 0 Å². The number of hydrogen-bond acceptors (Lipinski definition) is 5. The molecule has 2 heterocycles. The van der Waals surface area contributed by atoms with Gasteiger partial charge >= 0.3 is 0 Å². The van der Waals surface area contributed by atoms with Gasteiger partial charge in [0.05, 0.1) is 12.4 Å². The van der Waals surface area contributed by atoms with Gasteiger partial charge in [-0.05, 0) is 12.8 Å². The van der Waals surface area contributed by atoms with E-state index in [1.807, 2.05) is 13.2 Å². The highest BCUT2D eigenvalue weighted by Gasteiger charge is 2.26. The average Bonchev–Trinajstić information content (AvgIpc) is 3.02. The van der Waals surface area contributed by atoms with Crippen LogP contribution in [0, 0.1) is 0 Å². The van der Waals surface area contributed by atoms with Gasteiger partial charge in [0.1, 0.15) is 11.6 Å². The summed E-state index contributed by atoms with van der Waals surface area (Å²) in [6, 6.07) is 0.844. The number of anilines is 2. The van der Waals surface area contributed by atoms with Gasteiger partial charge in [-0.25, -0.2) is 4.98 Å². The van der Waals surface area contributed by atoms with Gasteiger partial charge in [-0.3, -0.25) is 9.88 Å². The van der Waals surface area contributed by atoms with Crippen LogP contribution in [0.1, 0.15) is 25.7 Å². The van der Waals surface area contributed by atoms with Gasteiger partial charge in [0, 0.05) is 39.3 Å². The lowest BCUT2D eigenvalue weighted by molar-refractivity contribution is 0.187. The van der Waals surface area contributed by atoms with E-state index in [1.165, 1.54) is 25.7 Å². The van der Waals surface area contributed by atoms with Crippen LogP contribution in [0.25, 0.3) is 0 Å². The molecule has 0 bridgehead atoms. The first-order chi connectivity index (χ1) is 9.36. The standard InChI is InChI=1S/C14H23N5/c1-15-13-10-16-11-14(17-13)19-8-6-18(7-9-19)12-4-2-3-5-12/h10-12H,2-9H2,1H3,(H,15,17). The summed E-state index contributed by atoms with van der Waals surface area (Å²) in [5, 5.41) is 3.05. The lowest BCUT2D eigenvalue weighted by Gasteiger charge is -2.38. The predicted octanol–water partition coefficient (Wildman–Crippen LogP) is 1.58. The zero-order valence-corrected chi connectivity index (χ0v) is 11.7. The Kier molecular flexibility index (Phi) is 3.82. The van der Waals surface area contributed by atoms with Crippen LogP contribution in [0.15, 0.2) is 12.4 Å². The number of rotatable bonds is 3. The first-order valence-electron chi connectivity index (χ1n) is 7.35. The van der Waals surface area contributed by atoms with E-state index >= 15 is 0 Å². The summed E-state index contributed by atoms with van der Waals surface area (Å²) in [6.07, 6.45) is 9.26. The maximum Gasteiger partial charge on any atom is 0.149 e. The van der Waals surface area contributed by atoms with Crippen LogP contribution in [-0.4, -0.2) is 54.1 Å². The van der Waals surface area contributed by atoms with Crippen molar-refractivity contribution in [3.63, 3.8) is 0 Å². The van der Waals surface area contributed by atoms with Crippen LogP contribution in [0.3, 0.4) is 0 Å². The van der Waals surface area contributed by atoms with Gasteiger partial charge in [0.2, 0.25) is 0 Å². The summed E-state index contributed by atoms with van der Waals surface area (Å²) < 4.78 is 0. The molecule has 0 amide bonds. The molecule has 1 saturated heterocycles. The maximum atomic E-state index is 4.57. The molecule has 104 valence electrons. The summed E-state index contributed by atoms with van der Waals surface area (Å²) in [7, 11) is 1.88. The van der Waals surface area contributed by atoms with Crippen LogP contribution in [0.5, 0.6) is 0 Å². The van der Waals surface area contributed by atoms with Gasteiger partial charge in [-0.15, -0.1) is 0 Å². The van der Waals surface area contributed by atoms with E-state index < -0.39 is 0 Å². The molecule has 19 heavy (non-hydrogen) atoms. The Morgan fingerprint density at radius 2 is 1.84 bits per heavy atom. The lowest BCUT2D eigenvalue weighted by Crippen LogP contribution is -2.50. The maximum absolute atomic E-state index is 4.57. The summed E-state index contributed by atoms with van der Waals surface area (Å²) >= 11 is 0. The van der Waals surface area contributed by atoms with Gasteiger partial charge in [0.25, 0.3) is 0 Å². The topological polar surface area (TPSA) is 44.3 Å². The molecule has 1 aromatic rings. The zero-order chi connectivity index (χ0) is 13.1. The van der Waals surface area contributed by atoms with Crippen LogP contribution >= 0.6 is 0 Å². The molecule has 2 aliphatic rings. The van der Waals surface area contributed by atoms with E-state index in [0.717, 1.165) is 43.9 Å². The molecule has 1 aliphatic carbocycles. The second-order valence-corrected chi connectivity index (χ2v) is 5.47. The van der Waals surface area contributed by atoms with E-state index in [0.29, 0.717) is 0 Å². The molecule has 0 spiro atoms. The molecule has 1 aliphatic heterocycles. The molecule has 5 heteroatoms. The van der Waals surface area contributed by atoms with E-state index in [-0.39, 0.29) is 0 Å². The molecule has 3 rings (SSSR count). The Labute approximate surface area is 115 Å². The molecule has 0 atom stereocenters. The van der Waals surface area contributed by atoms with Gasteiger partial charge in [-0.1, -0.05) is 12.8 Å². The molecule has 0 unspecified atom stereocenters. The van der Waals surface area contributed by atoms with Gasteiger partial charge < -0.3 is 10.2 Å². The van der Waals surface area contributed by atoms with Crippen LogP contribution in [-0.2, 0) is 0 Å². The summed E-state index contributed by atoms with van der Waals surface area (Å²) in [5.74, 6) is 1.84. The third kappa shape index (κ3) is 2.81. The lowest BCUT2D eigenvalue weighted by atomic mass is 10.2. The second-order valence-electron chi connectivity index (χ2n) is 5.47. The molecule has 0 aromatic carbocycles. The van der Waals surface area contributed by atoms with E-state index in [1.54, 1.807) is 6.20 Å². The molecule has 2 fully saturated rings. The monoisotopic (exact) mass is 261 g/mol. The fourth-order valence-corrected chi connectivity index (χ4v) is 3.21. The highest BCUT2D eigenvalue weighted by Crippen LogP contribution is 2.25. The van der Waals surface area contributed by atoms with Crippen molar-refractivity contribution in [1.29, 1.82) is 0 Å². The third-order valence-corrected chi connectivity index (χ3v) is 4.36. The number of hydrogen-bond donors (Lipinski definition) is 1. The van der Waals surface area contributed by atoms with Crippen molar-refractivity contribution in [3.05, 3.63) is 12.4 Å². The summed E-state index contributed by atoms with van der Waals surface area (Å²) in [4.78, 5) is 13.8. The highest BCUT2D eigenvalue weighted by atomic mass is 15.3. The van der Waals surface area contributed by atoms with Crippen molar-refractivity contribution in [3.8, 4) is 0 Å². The molecule has 0 radical (unpaired) electrons. The Morgan fingerprint density at radius 1 is 1.11 bits per heavy atom. The molecule has 1 N–H and O–H groups in total. The predicted molar refractivity (Wildman–Crippen MR) is 77.6 cm³/mol. The van der Waals surface area contributed by atoms with Crippen LogP contribution < -0.4 is 10.2 Å². The number of nitrogens with zero attached hydrogens (tertiary/aromatic N) is 4. The van der Waals surface area contributed by atoms with Crippen molar-refractivity contribution in [2.45, 2.75) is 31.7 Å². The Morgan fingerprint density at radius 3 is 2.53 bits per heavy atom. The normalized spacial score (nSPS) is 21.8. The Hall–Kier alpha value is -1.36. The number of aromatic nitrogens is 2. The smallest absolute Gasteiger partial charge is 0.149 e. The fraction of sp³-hybridized carbons (Fsp3) is 0.714. The van der Waals surface area contributed by atoms with Gasteiger partial charge in [-0.2, -0.15) is 0 Å². The molecule has 1 aromatic heterocycles. The summed E-state index contributed by atoms with van der Waals surface area (Å²) in [6.45, 7) is 4.46. The Balaban J connectivity index is 1.59. The minimum Gasteiger partial charge on any atom is -0.372 e. The van der Waals surface area contributed by atoms with E-state index in [2.05, 4.69) is 25.1 Å². The third-order valence-electron chi connectivity index (χ3n) is 4.36. The minimum absolute atomic E-state index is 0.843. The largest absolute Gasteiger partial charge is 0.372 e. The second kappa shape index (κ2) is 5.74. The fourth-order valence-electron chi connectivity index (χ4n) is 3.21. The van der Waals surface area contributed by atoms with Crippen LogP contribution in [0.4, 0.5) is 11.6 Å². The quantitative estimate of drug-likeness (QED) is 0.895. The van der Waals surface area contributed by atoms with Crippen molar-refractivity contribution in [2.75, 3.05) is 43.4 Å². The molecular formula is C14H23N5.